The van der Waals surface area contributed by atoms with Crippen molar-refractivity contribution in [3.8, 4) is 0 Å². The average molecular weight is 307 g/mol. The van der Waals surface area contributed by atoms with Crippen LogP contribution in [0.1, 0.15) is 30.7 Å². The van der Waals surface area contributed by atoms with Crippen LogP contribution in [-0.2, 0) is 11.2 Å². The predicted octanol–water partition coefficient (Wildman–Crippen LogP) is 1.07. The third-order valence-corrected chi connectivity index (χ3v) is 3.91. The fourth-order valence-corrected chi connectivity index (χ4v) is 2.74. The van der Waals surface area contributed by atoms with E-state index in [9.17, 15) is 13.2 Å². The Kier molecular flexibility index (Phi) is 3.89. The number of aliphatic hydroxyl groups excluding tert-OH is 1. The second kappa shape index (κ2) is 5.54. The number of aromatic nitrogens is 2. The van der Waals surface area contributed by atoms with E-state index in [1.54, 1.807) is 0 Å². The Morgan fingerprint density at radius 3 is 3.00 bits per heavy atom. The largest absolute Gasteiger partial charge is 0.414 e. The van der Waals surface area contributed by atoms with Crippen LogP contribution < -0.4 is 0 Å². The molecule has 118 valence electrons. The van der Waals surface area contributed by atoms with E-state index in [1.165, 1.54) is 0 Å². The van der Waals surface area contributed by atoms with E-state index in [0.717, 1.165) is 19.4 Å². The monoisotopic (exact) mass is 307 g/mol. The van der Waals surface area contributed by atoms with Crippen LogP contribution in [0.4, 0.5) is 13.2 Å². The molecule has 2 aliphatic heterocycles. The van der Waals surface area contributed by atoms with Crippen LogP contribution in [0.5, 0.6) is 0 Å². The molecule has 3 unspecified atom stereocenters. The Hall–Kier alpha value is -1.19. The molecule has 1 aromatic heterocycles. The van der Waals surface area contributed by atoms with Crippen molar-refractivity contribution < 1.29 is 27.5 Å². The van der Waals surface area contributed by atoms with Gasteiger partial charge in [-0.25, -0.2) is 0 Å². The van der Waals surface area contributed by atoms with Crippen LogP contribution in [-0.4, -0.2) is 58.2 Å². The molecule has 2 saturated heterocycles. The standard InChI is InChI=1S/C12H16F3N3O3/c13-12(14,15)9(19)4-10-16-11(17-21-10)8-5-18-3-1-2-7(18)6-20-8/h7-9,19H,1-6H2. The highest BCUT2D eigenvalue weighted by Gasteiger charge is 2.40. The van der Waals surface area contributed by atoms with Gasteiger partial charge in [-0.05, 0) is 19.4 Å². The minimum atomic E-state index is -4.70. The first-order chi connectivity index (χ1) is 9.93. The molecule has 0 aliphatic carbocycles. The summed E-state index contributed by atoms with van der Waals surface area (Å²) < 4.78 is 47.2. The van der Waals surface area contributed by atoms with Crippen LogP contribution in [0.3, 0.4) is 0 Å². The molecule has 3 atom stereocenters. The molecule has 21 heavy (non-hydrogen) atoms. The number of ether oxygens (including phenoxy) is 1. The third kappa shape index (κ3) is 3.19. The van der Waals surface area contributed by atoms with Gasteiger partial charge in [0.15, 0.2) is 6.10 Å². The Bertz CT molecular complexity index is 494. The SMILES string of the molecule is OC(Cc1nc(C2CN3CCCC3CO2)no1)C(F)(F)F. The molecule has 2 aliphatic rings. The van der Waals surface area contributed by atoms with Gasteiger partial charge in [0.25, 0.3) is 0 Å². The number of morpholine rings is 1. The van der Waals surface area contributed by atoms with Crippen molar-refractivity contribution in [3.05, 3.63) is 11.7 Å². The normalized spacial score (nSPS) is 28.6. The van der Waals surface area contributed by atoms with Crippen molar-refractivity contribution in [2.75, 3.05) is 19.7 Å². The summed E-state index contributed by atoms with van der Waals surface area (Å²) in [4.78, 5) is 6.18. The van der Waals surface area contributed by atoms with Crippen LogP contribution in [0.2, 0.25) is 0 Å². The number of rotatable bonds is 3. The molecule has 6 nitrogen and oxygen atoms in total. The predicted molar refractivity (Wildman–Crippen MR) is 63.4 cm³/mol. The van der Waals surface area contributed by atoms with Gasteiger partial charge in [-0.2, -0.15) is 18.2 Å². The minimum absolute atomic E-state index is 0.234. The number of aliphatic hydroxyl groups is 1. The zero-order valence-electron chi connectivity index (χ0n) is 11.2. The molecule has 1 aromatic rings. The number of alkyl halides is 3. The van der Waals surface area contributed by atoms with Gasteiger partial charge in [0, 0.05) is 12.6 Å². The van der Waals surface area contributed by atoms with Crippen LogP contribution in [0.25, 0.3) is 0 Å². The summed E-state index contributed by atoms with van der Waals surface area (Å²) in [6.45, 7) is 2.17. The lowest BCUT2D eigenvalue weighted by atomic mass is 10.2. The molecule has 2 fully saturated rings. The van der Waals surface area contributed by atoms with E-state index in [0.29, 0.717) is 19.2 Å². The van der Waals surface area contributed by atoms with Gasteiger partial charge in [0.2, 0.25) is 11.7 Å². The Labute approximate surface area is 118 Å². The molecule has 0 amide bonds. The van der Waals surface area contributed by atoms with Crippen molar-refractivity contribution in [1.82, 2.24) is 15.0 Å². The molecule has 0 radical (unpaired) electrons. The van der Waals surface area contributed by atoms with Gasteiger partial charge in [-0.1, -0.05) is 5.16 Å². The van der Waals surface area contributed by atoms with E-state index < -0.39 is 18.7 Å². The maximum absolute atomic E-state index is 12.3. The maximum atomic E-state index is 12.3. The first kappa shape index (κ1) is 14.7. The van der Waals surface area contributed by atoms with Crippen molar-refractivity contribution >= 4 is 0 Å². The minimum Gasteiger partial charge on any atom is -0.383 e. The van der Waals surface area contributed by atoms with E-state index >= 15 is 0 Å². The Morgan fingerprint density at radius 2 is 2.24 bits per heavy atom. The van der Waals surface area contributed by atoms with E-state index in [-0.39, 0.29) is 17.8 Å². The zero-order chi connectivity index (χ0) is 15.0. The molecule has 1 N–H and O–H groups in total. The van der Waals surface area contributed by atoms with Crippen molar-refractivity contribution in [3.63, 3.8) is 0 Å². The third-order valence-electron chi connectivity index (χ3n) is 3.91. The van der Waals surface area contributed by atoms with Gasteiger partial charge in [-0.3, -0.25) is 4.90 Å². The van der Waals surface area contributed by atoms with Gasteiger partial charge in [0.05, 0.1) is 13.0 Å². The van der Waals surface area contributed by atoms with Crippen molar-refractivity contribution in [1.29, 1.82) is 0 Å². The van der Waals surface area contributed by atoms with Gasteiger partial charge < -0.3 is 14.4 Å². The first-order valence-electron chi connectivity index (χ1n) is 6.86. The topological polar surface area (TPSA) is 71.6 Å². The van der Waals surface area contributed by atoms with E-state index in [2.05, 4.69) is 15.0 Å². The smallest absolute Gasteiger partial charge is 0.383 e. The van der Waals surface area contributed by atoms with Crippen molar-refractivity contribution in [2.45, 2.75) is 43.7 Å². The molecular formula is C12H16F3N3O3. The number of nitrogens with zero attached hydrogens (tertiary/aromatic N) is 3. The summed E-state index contributed by atoms with van der Waals surface area (Å²) in [7, 11) is 0. The Morgan fingerprint density at radius 1 is 1.43 bits per heavy atom. The fraction of sp³-hybridized carbons (Fsp3) is 0.833. The summed E-state index contributed by atoms with van der Waals surface area (Å²) in [5.41, 5.74) is 0. The summed E-state index contributed by atoms with van der Waals surface area (Å²) >= 11 is 0. The molecule has 3 heterocycles. The van der Waals surface area contributed by atoms with Gasteiger partial charge in [0.1, 0.15) is 6.10 Å². The second-order valence-electron chi connectivity index (χ2n) is 5.42. The average Bonchev–Trinajstić information content (AvgIpc) is 3.04. The maximum Gasteiger partial charge on any atom is 0.414 e. The van der Waals surface area contributed by atoms with Crippen molar-refractivity contribution in [2.24, 2.45) is 0 Å². The molecule has 3 rings (SSSR count). The molecule has 0 aromatic carbocycles. The first-order valence-corrected chi connectivity index (χ1v) is 6.86. The molecule has 0 bridgehead atoms. The second-order valence-corrected chi connectivity index (χ2v) is 5.42. The van der Waals surface area contributed by atoms with E-state index in [1.807, 2.05) is 0 Å². The lowest BCUT2D eigenvalue weighted by Gasteiger charge is -2.33. The van der Waals surface area contributed by atoms with Gasteiger partial charge >= 0.3 is 6.18 Å². The van der Waals surface area contributed by atoms with Crippen LogP contribution >= 0.6 is 0 Å². The summed E-state index contributed by atoms with van der Waals surface area (Å²) in [5.74, 6) is 0.00620. The zero-order valence-corrected chi connectivity index (χ0v) is 11.2. The number of hydrogen-bond donors (Lipinski definition) is 1. The number of hydrogen-bond acceptors (Lipinski definition) is 6. The molecule has 9 heteroatoms. The highest BCUT2D eigenvalue weighted by atomic mass is 19.4. The highest BCUT2D eigenvalue weighted by molar-refractivity contribution is 4.98. The quantitative estimate of drug-likeness (QED) is 0.901. The summed E-state index contributed by atoms with van der Waals surface area (Å²) in [6, 6.07) is 0.416. The number of halogens is 3. The highest BCUT2D eigenvalue weighted by Crippen LogP contribution is 2.29. The number of fused-ring (bicyclic) bond motifs is 1. The van der Waals surface area contributed by atoms with Gasteiger partial charge in [-0.15, -0.1) is 0 Å². The lowest BCUT2D eigenvalue weighted by Crippen LogP contribution is -2.42. The van der Waals surface area contributed by atoms with Crippen LogP contribution in [0.15, 0.2) is 4.52 Å². The molecular weight excluding hydrogens is 291 g/mol. The molecule has 0 saturated carbocycles. The van der Waals surface area contributed by atoms with E-state index in [4.69, 9.17) is 14.4 Å². The fourth-order valence-electron chi connectivity index (χ4n) is 2.74. The summed E-state index contributed by atoms with van der Waals surface area (Å²) in [5, 5.41) is 12.7. The van der Waals surface area contributed by atoms with Crippen LogP contribution in [0, 0.1) is 0 Å². The summed E-state index contributed by atoms with van der Waals surface area (Å²) in [6.07, 6.45) is -6.10. The lowest BCUT2D eigenvalue weighted by molar-refractivity contribution is -0.204. The molecule has 0 spiro atoms. The Balaban J connectivity index is 1.62.